The molecule has 4 rings (SSSR count). The maximum Gasteiger partial charge on any atom is 0.243 e. The summed E-state index contributed by atoms with van der Waals surface area (Å²) in [4.78, 5) is 29.4. The fourth-order valence-corrected chi connectivity index (χ4v) is 5.85. The fourth-order valence-electron chi connectivity index (χ4n) is 4.98. The molecule has 0 aromatic heterocycles. The van der Waals surface area contributed by atoms with E-state index in [9.17, 15) is 9.59 Å². The highest BCUT2D eigenvalue weighted by Crippen LogP contribution is 2.22. The van der Waals surface area contributed by atoms with Crippen molar-refractivity contribution in [1.82, 2.24) is 10.2 Å². The van der Waals surface area contributed by atoms with E-state index in [1.54, 1.807) is 11.8 Å². The predicted octanol–water partition coefficient (Wildman–Crippen LogP) is 6.32. The number of nitrogens with zero attached hydrogens (tertiary/aromatic N) is 1. The molecule has 1 atom stereocenters. The Hall–Kier alpha value is -3.05. The van der Waals surface area contributed by atoms with Gasteiger partial charge < -0.3 is 10.2 Å². The van der Waals surface area contributed by atoms with Gasteiger partial charge in [-0.05, 0) is 42.0 Å². The third-order valence-corrected chi connectivity index (χ3v) is 8.15. The summed E-state index contributed by atoms with van der Waals surface area (Å²) in [6.07, 6.45) is 6.06. The first-order valence-electron chi connectivity index (χ1n) is 13.4. The maximum absolute atomic E-state index is 13.8. The summed E-state index contributed by atoms with van der Waals surface area (Å²) in [5.41, 5.74) is 4.46. The van der Waals surface area contributed by atoms with Crippen LogP contribution >= 0.6 is 11.8 Å². The normalized spacial score (nSPS) is 14.6. The fraction of sp³-hybridized carbons (Fsp3) is 0.375. The van der Waals surface area contributed by atoms with Crippen LogP contribution in [-0.4, -0.2) is 34.6 Å². The van der Waals surface area contributed by atoms with E-state index in [1.807, 2.05) is 65.6 Å². The number of hydrogen-bond donors (Lipinski definition) is 1. The number of benzene rings is 3. The molecule has 194 valence electrons. The minimum Gasteiger partial charge on any atom is -0.352 e. The van der Waals surface area contributed by atoms with Crippen molar-refractivity contribution < 1.29 is 9.59 Å². The molecule has 1 saturated carbocycles. The van der Waals surface area contributed by atoms with E-state index in [1.165, 1.54) is 12.0 Å². The number of amides is 2. The Morgan fingerprint density at radius 3 is 2.16 bits per heavy atom. The summed E-state index contributed by atoms with van der Waals surface area (Å²) < 4.78 is 0. The van der Waals surface area contributed by atoms with Crippen LogP contribution in [0.2, 0.25) is 0 Å². The Labute approximate surface area is 225 Å². The molecule has 0 bridgehead atoms. The van der Waals surface area contributed by atoms with Gasteiger partial charge in [0.05, 0.1) is 5.75 Å². The van der Waals surface area contributed by atoms with E-state index in [2.05, 4.69) is 36.5 Å². The van der Waals surface area contributed by atoms with E-state index in [0.717, 1.165) is 48.1 Å². The van der Waals surface area contributed by atoms with Crippen LogP contribution in [0.5, 0.6) is 0 Å². The second-order valence-electron chi connectivity index (χ2n) is 9.98. The van der Waals surface area contributed by atoms with Gasteiger partial charge in [-0.2, -0.15) is 0 Å². The summed E-state index contributed by atoms with van der Waals surface area (Å²) in [5.74, 6) is 1.07. The van der Waals surface area contributed by atoms with Crippen molar-refractivity contribution in [2.75, 3.05) is 5.75 Å². The molecular formula is C32H38N2O2S. The molecule has 0 saturated heterocycles. The van der Waals surface area contributed by atoms with Gasteiger partial charge in [0, 0.05) is 24.8 Å². The van der Waals surface area contributed by atoms with Crippen LogP contribution < -0.4 is 5.32 Å². The van der Waals surface area contributed by atoms with E-state index in [0.29, 0.717) is 18.7 Å². The first-order valence-corrected chi connectivity index (χ1v) is 14.6. The predicted molar refractivity (Wildman–Crippen MR) is 153 cm³/mol. The Balaban J connectivity index is 1.57. The van der Waals surface area contributed by atoms with Crippen molar-refractivity contribution in [2.24, 2.45) is 0 Å². The largest absolute Gasteiger partial charge is 0.352 e. The minimum atomic E-state index is -0.561. The quantitative estimate of drug-likeness (QED) is 0.326. The molecule has 2 amide bonds. The molecule has 37 heavy (non-hydrogen) atoms. The van der Waals surface area contributed by atoms with E-state index in [-0.39, 0.29) is 17.9 Å². The zero-order chi connectivity index (χ0) is 25.9. The Morgan fingerprint density at radius 2 is 1.49 bits per heavy atom. The highest BCUT2D eigenvalue weighted by molar-refractivity contribution is 7.99. The van der Waals surface area contributed by atoms with Gasteiger partial charge in [-0.15, -0.1) is 11.8 Å². The number of aryl methyl sites for hydroxylation is 1. The molecule has 4 nitrogen and oxygen atoms in total. The van der Waals surface area contributed by atoms with Gasteiger partial charge in [-0.25, -0.2) is 0 Å². The molecule has 0 heterocycles. The molecule has 3 aromatic rings. The number of carbonyl (C=O) groups is 2. The van der Waals surface area contributed by atoms with Crippen LogP contribution in [0.3, 0.4) is 0 Å². The van der Waals surface area contributed by atoms with E-state index >= 15 is 0 Å². The zero-order valence-corrected chi connectivity index (χ0v) is 22.6. The second-order valence-corrected chi connectivity index (χ2v) is 11.0. The van der Waals surface area contributed by atoms with Crippen molar-refractivity contribution in [2.45, 2.75) is 69.8 Å². The van der Waals surface area contributed by atoms with Crippen LogP contribution in [0.15, 0.2) is 84.9 Å². The topological polar surface area (TPSA) is 49.4 Å². The molecule has 1 aliphatic carbocycles. The average Bonchev–Trinajstić information content (AvgIpc) is 2.93. The Bertz CT molecular complexity index is 1130. The van der Waals surface area contributed by atoms with Gasteiger partial charge in [0.1, 0.15) is 6.04 Å². The zero-order valence-electron chi connectivity index (χ0n) is 21.8. The standard InChI is InChI=1S/C32H38N2O2S/c1-25-13-11-12-18-28(25)22-34(31(35)24-37-23-27-16-7-3-8-17-27)30(21-26-14-5-2-6-15-26)32(36)33-29-19-9-4-10-20-29/h2-3,5-8,11-18,29-30H,4,9-10,19-24H2,1H3,(H,33,36)/t30-/m1/s1. The van der Waals surface area contributed by atoms with E-state index in [4.69, 9.17) is 0 Å². The molecular weight excluding hydrogens is 476 g/mol. The minimum absolute atomic E-state index is 0.00362. The van der Waals surface area contributed by atoms with Gasteiger partial charge in [0.2, 0.25) is 11.8 Å². The lowest BCUT2D eigenvalue weighted by atomic mass is 9.94. The summed E-state index contributed by atoms with van der Waals surface area (Å²) >= 11 is 1.61. The van der Waals surface area contributed by atoms with Crippen molar-refractivity contribution in [1.29, 1.82) is 0 Å². The van der Waals surface area contributed by atoms with Gasteiger partial charge in [-0.3, -0.25) is 9.59 Å². The first-order chi connectivity index (χ1) is 18.1. The summed E-state index contributed by atoms with van der Waals surface area (Å²) in [5, 5.41) is 3.32. The van der Waals surface area contributed by atoms with Crippen molar-refractivity contribution >= 4 is 23.6 Å². The number of thioether (sulfide) groups is 1. The Morgan fingerprint density at radius 1 is 0.865 bits per heavy atom. The molecule has 0 unspecified atom stereocenters. The lowest BCUT2D eigenvalue weighted by molar-refractivity contribution is -0.139. The van der Waals surface area contributed by atoms with Crippen molar-refractivity contribution in [3.8, 4) is 0 Å². The van der Waals surface area contributed by atoms with Crippen LogP contribution in [0.1, 0.15) is 54.4 Å². The second kappa shape index (κ2) is 14.0. The summed E-state index contributed by atoms with van der Waals surface area (Å²) in [6.45, 7) is 2.49. The third-order valence-electron chi connectivity index (χ3n) is 7.16. The lowest BCUT2D eigenvalue weighted by Gasteiger charge is -2.34. The van der Waals surface area contributed by atoms with Crippen LogP contribution in [0.25, 0.3) is 0 Å². The van der Waals surface area contributed by atoms with Crippen molar-refractivity contribution in [3.63, 3.8) is 0 Å². The average molecular weight is 515 g/mol. The van der Waals surface area contributed by atoms with Gasteiger partial charge in [0.25, 0.3) is 0 Å². The Kier molecular flexibility index (Phi) is 10.2. The molecule has 1 aliphatic rings. The highest BCUT2D eigenvalue weighted by Gasteiger charge is 2.32. The molecule has 1 N–H and O–H groups in total. The molecule has 0 radical (unpaired) electrons. The van der Waals surface area contributed by atoms with Gasteiger partial charge in [0.15, 0.2) is 0 Å². The smallest absolute Gasteiger partial charge is 0.243 e. The summed E-state index contributed by atoms with van der Waals surface area (Å²) in [6, 6.07) is 28.0. The number of rotatable bonds is 11. The monoisotopic (exact) mass is 514 g/mol. The molecule has 5 heteroatoms. The maximum atomic E-state index is 13.8. The van der Waals surface area contributed by atoms with Crippen LogP contribution in [-0.2, 0) is 28.3 Å². The van der Waals surface area contributed by atoms with Crippen molar-refractivity contribution in [3.05, 3.63) is 107 Å². The van der Waals surface area contributed by atoms with Crippen LogP contribution in [0, 0.1) is 6.92 Å². The third kappa shape index (κ3) is 8.22. The number of carbonyl (C=O) groups excluding carboxylic acids is 2. The van der Waals surface area contributed by atoms with E-state index < -0.39 is 6.04 Å². The molecule has 3 aromatic carbocycles. The van der Waals surface area contributed by atoms with Crippen LogP contribution in [0.4, 0.5) is 0 Å². The van der Waals surface area contributed by atoms with Gasteiger partial charge >= 0.3 is 0 Å². The molecule has 1 fully saturated rings. The number of hydrogen-bond acceptors (Lipinski definition) is 3. The summed E-state index contributed by atoms with van der Waals surface area (Å²) in [7, 11) is 0. The SMILES string of the molecule is Cc1ccccc1CN(C(=O)CSCc1ccccc1)[C@H](Cc1ccccc1)C(=O)NC1CCCCC1. The van der Waals surface area contributed by atoms with Gasteiger partial charge in [-0.1, -0.05) is 104 Å². The number of nitrogens with one attached hydrogen (secondary N) is 1. The highest BCUT2D eigenvalue weighted by atomic mass is 32.2. The molecule has 0 aliphatic heterocycles. The first kappa shape index (κ1) is 27.0. The molecule has 0 spiro atoms. The lowest BCUT2D eigenvalue weighted by Crippen LogP contribution is -2.53.